The van der Waals surface area contributed by atoms with Gasteiger partial charge in [0.2, 0.25) is 5.91 Å². The highest BCUT2D eigenvalue weighted by Gasteiger charge is 2.29. The molecule has 182 valence electrons. The molecule has 4 rings (SSSR count). The molecule has 2 heterocycles. The molecule has 2 aliphatic heterocycles. The van der Waals surface area contributed by atoms with Gasteiger partial charge in [-0.3, -0.25) is 14.5 Å². The smallest absolute Gasteiger partial charge is 0.225 e. The van der Waals surface area contributed by atoms with Crippen molar-refractivity contribution >= 4 is 11.7 Å². The molecular weight excluding hydrogens is 414 g/mol. The molecule has 6 nitrogen and oxygen atoms in total. The Morgan fingerprint density at radius 2 is 1.64 bits per heavy atom. The van der Waals surface area contributed by atoms with Crippen LogP contribution in [0.3, 0.4) is 0 Å². The molecule has 1 atom stereocenters. The van der Waals surface area contributed by atoms with Crippen molar-refractivity contribution in [2.75, 3.05) is 52.4 Å². The number of carbonyl (C=O) groups is 2. The average Bonchev–Trinajstić information content (AvgIpc) is 3.27. The first kappa shape index (κ1) is 24.2. The largest absolute Gasteiger partial charge is 0.494 e. The van der Waals surface area contributed by atoms with Crippen LogP contribution in [0.5, 0.6) is 5.75 Å². The summed E-state index contributed by atoms with van der Waals surface area (Å²) in [5.41, 5.74) is 0.731. The van der Waals surface area contributed by atoms with Crippen LogP contribution in [-0.2, 0) is 4.79 Å². The quantitative estimate of drug-likeness (QED) is 0.418. The van der Waals surface area contributed by atoms with E-state index in [-0.39, 0.29) is 11.7 Å². The van der Waals surface area contributed by atoms with Crippen LogP contribution in [0, 0.1) is 5.92 Å². The van der Waals surface area contributed by atoms with Crippen LogP contribution in [0.15, 0.2) is 24.3 Å². The van der Waals surface area contributed by atoms with Gasteiger partial charge in [-0.05, 0) is 69.8 Å². The molecule has 0 radical (unpaired) electrons. The number of ether oxygens (including phenoxy) is 1. The highest BCUT2D eigenvalue weighted by atomic mass is 16.5. The summed E-state index contributed by atoms with van der Waals surface area (Å²) in [6.45, 7) is 8.78. The zero-order valence-electron chi connectivity index (χ0n) is 20.3. The molecule has 0 N–H and O–H groups in total. The van der Waals surface area contributed by atoms with Gasteiger partial charge in [0.15, 0.2) is 5.78 Å². The minimum Gasteiger partial charge on any atom is -0.494 e. The molecule has 3 fully saturated rings. The number of hydrogen-bond donors (Lipinski definition) is 0. The number of ketones is 1. The number of benzene rings is 1. The molecule has 1 aromatic carbocycles. The third-order valence-electron chi connectivity index (χ3n) is 7.73. The molecule has 0 spiro atoms. The van der Waals surface area contributed by atoms with Gasteiger partial charge in [-0.15, -0.1) is 0 Å². The number of nitrogens with zero attached hydrogens (tertiary/aromatic N) is 3. The SMILES string of the molecule is C[C@@H]1CCCN1CCCOc1ccc(C(=O)CN2CCN(C(=O)C3CCCCC3)CC2)cc1. The molecule has 1 saturated carbocycles. The monoisotopic (exact) mass is 455 g/mol. The Morgan fingerprint density at radius 3 is 2.30 bits per heavy atom. The topological polar surface area (TPSA) is 53.1 Å². The lowest BCUT2D eigenvalue weighted by Gasteiger charge is -2.36. The van der Waals surface area contributed by atoms with Crippen molar-refractivity contribution in [3.63, 3.8) is 0 Å². The number of Topliss-reactive ketones (excluding diaryl/α,β-unsaturated/α-hetero) is 1. The summed E-state index contributed by atoms with van der Waals surface area (Å²) in [4.78, 5) is 32.2. The second-order valence-corrected chi connectivity index (χ2v) is 10.1. The fourth-order valence-corrected chi connectivity index (χ4v) is 5.55. The van der Waals surface area contributed by atoms with Crippen molar-refractivity contribution in [3.8, 4) is 5.75 Å². The van der Waals surface area contributed by atoms with Crippen LogP contribution in [0.25, 0.3) is 0 Å². The van der Waals surface area contributed by atoms with E-state index in [1.807, 2.05) is 29.2 Å². The summed E-state index contributed by atoms with van der Waals surface area (Å²) in [6, 6.07) is 8.28. The number of likely N-dealkylation sites (tertiary alicyclic amines) is 1. The Labute approximate surface area is 199 Å². The Balaban J connectivity index is 1.15. The van der Waals surface area contributed by atoms with E-state index >= 15 is 0 Å². The van der Waals surface area contributed by atoms with Gasteiger partial charge in [0.1, 0.15) is 5.75 Å². The predicted octanol–water partition coefficient (Wildman–Crippen LogP) is 3.85. The first-order valence-electron chi connectivity index (χ1n) is 13.1. The maximum atomic E-state index is 12.8. The van der Waals surface area contributed by atoms with Crippen molar-refractivity contribution < 1.29 is 14.3 Å². The van der Waals surface area contributed by atoms with Crippen LogP contribution in [0.1, 0.15) is 68.6 Å². The number of hydrogen-bond acceptors (Lipinski definition) is 5. The Bertz CT molecular complexity index is 767. The van der Waals surface area contributed by atoms with E-state index < -0.39 is 0 Å². The first-order chi connectivity index (χ1) is 16.1. The normalized spacial score (nSPS) is 23.1. The fourth-order valence-electron chi connectivity index (χ4n) is 5.55. The molecule has 1 amide bonds. The summed E-state index contributed by atoms with van der Waals surface area (Å²) in [6.07, 6.45) is 9.39. The van der Waals surface area contributed by atoms with Gasteiger partial charge in [0.25, 0.3) is 0 Å². The standard InChI is InChI=1S/C27H41N3O3/c1-22-7-5-14-29(22)15-6-20-33-25-12-10-23(11-13-25)26(31)21-28-16-18-30(19-17-28)27(32)24-8-3-2-4-9-24/h10-13,22,24H,2-9,14-21H2,1H3/t22-/m1/s1. The number of amides is 1. The van der Waals surface area contributed by atoms with Crippen molar-refractivity contribution in [2.24, 2.45) is 5.92 Å². The van der Waals surface area contributed by atoms with Gasteiger partial charge in [-0.25, -0.2) is 0 Å². The fraction of sp³-hybridized carbons (Fsp3) is 0.704. The highest BCUT2D eigenvalue weighted by Crippen LogP contribution is 2.26. The molecule has 0 aromatic heterocycles. The molecule has 1 aliphatic carbocycles. The maximum absolute atomic E-state index is 12.8. The third kappa shape index (κ3) is 6.80. The Morgan fingerprint density at radius 1 is 0.909 bits per heavy atom. The van der Waals surface area contributed by atoms with Crippen molar-refractivity contribution in [1.29, 1.82) is 0 Å². The lowest BCUT2D eigenvalue weighted by atomic mass is 9.88. The summed E-state index contributed by atoms with van der Waals surface area (Å²) >= 11 is 0. The van der Waals surface area contributed by atoms with Crippen molar-refractivity contribution in [3.05, 3.63) is 29.8 Å². The van der Waals surface area contributed by atoms with E-state index in [0.29, 0.717) is 25.1 Å². The van der Waals surface area contributed by atoms with Crippen molar-refractivity contribution in [2.45, 2.75) is 64.3 Å². The lowest BCUT2D eigenvalue weighted by molar-refractivity contribution is -0.138. The molecular formula is C27H41N3O3. The summed E-state index contributed by atoms with van der Waals surface area (Å²) in [5, 5.41) is 0. The van der Waals surface area contributed by atoms with Crippen LogP contribution >= 0.6 is 0 Å². The van der Waals surface area contributed by atoms with Gasteiger partial charge >= 0.3 is 0 Å². The van der Waals surface area contributed by atoms with Crippen LogP contribution in [0.4, 0.5) is 0 Å². The van der Waals surface area contributed by atoms with E-state index in [2.05, 4.69) is 16.7 Å². The molecule has 1 aromatic rings. The highest BCUT2D eigenvalue weighted by molar-refractivity contribution is 5.97. The van der Waals surface area contributed by atoms with Gasteiger partial charge in [0, 0.05) is 50.2 Å². The van der Waals surface area contributed by atoms with E-state index in [0.717, 1.165) is 63.3 Å². The molecule has 6 heteroatoms. The van der Waals surface area contributed by atoms with Crippen molar-refractivity contribution in [1.82, 2.24) is 14.7 Å². The van der Waals surface area contributed by atoms with Crippen LogP contribution in [0.2, 0.25) is 0 Å². The van der Waals surface area contributed by atoms with E-state index in [4.69, 9.17) is 4.74 Å². The Hall–Kier alpha value is -1.92. The zero-order valence-corrected chi connectivity index (χ0v) is 20.3. The second-order valence-electron chi connectivity index (χ2n) is 10.1. The lowest BCUT2D eigenvalue weighted by Crippen LogP contribution is -2.51. The molecule has 2 saturated heterocycles. The van der Waals surface area contributed by atoms with Gasteiger partial charge in [0.05, 0.1) is 13.2 Å². The number of piperazine rings is 1. The first-order valence-corrected chi connectivity index (χ1v) is 13.1. The van der Waals surface area contributed by atoms with E-state index in [1.54, 1.807) is 0 Å². The second kappa shape index (κ2) is 12.0. The predicted molar refractivity (Wildman–Crippen MR) is 131 cm³/mol. The summed E-state index contributed by atoms with van der Waals surface area (Å²) in [7, 11) is 0. The van der Waals surface area contributed by atoms with E-state index in [1.165, 1.54) is 38.6 Å². The van der Waals surface area contributed by atoms with Gasteiger partial charge < -0.3 is 14.5 Å². The summed E-state index contributed by atoms with van der Waals surface area (Å²) in [5.74, 6) is 1.54. The minimum absolute atomic E-state index is 0.136. The third-order valence-corrected chi connectivity index (χ3v) is 7.73. The zero-order chi connectivity index (χ0) is 23.0. The van der Waals surface area contributed by atoms with Gasteiger partial charge in [-0.2, -0.15) is 0 Å². The van der Waals surface area contributed by atoms with E-state index in [9.17, 15) is 9.59 Å². The van der Waals surface area contributed by atoms with Crippen LogP contribution < -0.4 is 4.74 Å². The molecule has 33 heavy (non-hydrogen) atoms. The van der Waals surface area contributed by atoms with Gasteiger partial charge in [-0.1, -0.05) is 19.3 Å². The van der Waals surface area contributed by atoms with Crippen LogP contribution in [-0.4, -0.2) is 84.9 Å². The maximum Gasteiger partial charge on any atom is 0.225 e. The summed E-state index contributed by atoms with van der Waals surface area (Å²) < 4.78 is 5.88. The Kier molecular flexibility index (Phi) is 8.79. The minimum atomic E-state index is 0.136. The number of rotatable bonds is 9. The molecule has 3 aliphatic rings. The average molecular weight is 456 g/mol. The molecule has 0 bridgehead atoms. The molecule has 0 unspecified atom stereocenters. The number of carbonyl (C=O) groups excluding carboxylic acids is 2.